The lowest BCUT2D eigenvalue weighted by atomic mass is 9.92. The largest absolute Gasteiger partial charge is 0.459 e. The lowest BCUT2D eigenvalue weighted by Crippen LogP contribution is -2.11. The van der Waals surface area contributed by atoms with E-state index in [0.717, 1.165) is 62.6 Å². The molecule has 12 aromatic rings. The number of allylic oxidation sites excluding steroid dienone is 1. The Morgan fingerprint density at radius 3 is 1.89 bits per heavy atom. The summed E-state index contributed by atoms with van der Waals surface area (Å²) in [6.45, 7) is 2.28. The van der Waals surface area contributed by atoms with Crippen LogP contribution >= 0.6 is 11.3 Å². The molecule has 0 saturated heterocycles. The molecule has 4 heteroatoms. The Morgan fingerprint density at radius 2 is 1.11 bits per heavy atom. The summed E-state index contributed by atoms with van der Waals surface area (Å²) >= 11 is 1.85. The summed E-state index contributed by atoms with van der Waals surface area (Å²) in [5.74, 6) is 1.31. The number of hydrogen-bond acceptors (Lipinski definition) is 3. The molecule has 0 N–H and O–H groups in total. The van der Waals surface area contributed by atoms with Crippen molar-refractivity contribution in [2.24, 2.45) is 0 Å². The topological polar surface area (TPSA) is 21.3 Å². The standard InChI is InChI=1S/C61H42N2OS/c1-39-14-11-22-51-59-55(37-36-47(61(59)64-60(39)51)43-30-28-41(29-31-43)40-15-3-2-4-16-40)62(54-25-13-27-57-58(54)50-21-7-10-26-56(50)65-57)45-34-32-42(33-35-45)44-17-12-18-46(38-44)63-52-23-8-5-19-48(52)49-20-6-9-24-53(49)63/h2-13,15-39H,14H2,1H3. The number of nitrogens with zero attached hydrogens (tertiary/aromatic N) is 2. The number of thiophene rings is 1. The first-order valence-electron chi connectivity index (χ1n) is 22.5. The van der Waals surface area contributed by atoms with Crippen LogP contribution in [0.2, 0.25) is 0 Å². The van der Waals surface area contributed by atoms with Crippen LogP contribution in [-0.2, 0) is 0 Å². The van der Waals surface area contributed by atoms with E-state index in [1.54, 1.807) is 0 Å². The van der Waals surface area contributed by atoms with Gasteiger partial charge in [0.25, 0.3) is 0 Å². The fourth-order valence-corrected chi connectivity index (χ4v) is 11.4. The summed E-state index contributed by atoms with van der Waals surface area (Å²) in [6.07, 6.45) is 5.55. The van der Waals surface area contributed by atoms with Gasteiger partial charge in [0.05, 0.1) is 27.8 Å². The maximum absolute atomic E-state index is 7.10. The minimum absolute atomic E-state index is 0.263. The average molecular weight is 851 g/mol. The molecule has 65 heavy (non-hydrogen) atoms. The van der Waals surface area contributed by atoms with Gasteiger partial charge in [-0.15, -0.1) is 11.3 Å². The van der Waals surface area contributed by atoms with E-state index in [-0.39, 0.29) is 5.92 Å². The molecule has 1 atom stereocenters. The Kier molecular flexibility index (Phi) is 8.75. The van der Waals surface area contributed by atoms with Crippen molar-refractivity contribution in [1.29, 1.82) is 0 Å². The third-order valence-electron chi connectivity index (χ3n) is 13.4. The number of anilines is 3. The van der Waals surface area contributed by atoms with Gasteiger partial charge >= 0.3 is 0 Å². The summed E-state index contributed by atoms with van der Waals surface area (Å²) in [6, 6.07) is 75.2. The van der Waals surface area contributed by atoms with Crippen molar-refractivity contribution >= 4 is 87.4 Å². The Labute approximate surface area is 381 Å². The van der Waals surface area contributed by atoms with Gasteiger partial charge in [-0.05, 0) is 101 Å². The highest BCUT2D eigenvalue weighted by Gasteiger charge is 2.28. The fraction of sp³-hybridized carbons (Fsp3) is 0.0492. The van der Waals surface area contributed by atoms with E-state index in [1.807, 2.05) is 11.3 Å². The van der Waals surface area contributed by atoms with Gasteiger partial charge in [-0.3, -0.25) is 0 Å². The zero-order chi connectivity index (χ0) is 43.0. The molecule has 308 valence electrons. The molecule has 1 aliphatic rings. The molecule has 3 aromatic heterocycles. The average Bonchev–Trinajstić information content (AvgIpc) is 4.06. The first-order chi connectivity index (χ1) is 32.2. The summed E-state index contributed by atoms with van der Waals surface area (Å²) in [5.41, 5.74) is 15.9. The predicted octanol–water partition coefficient (Wildman–Crippen LogP) is 17.9. The van der Waals surface area contributed by atoms with Gasteiger partial charge in [0, 0.05) is 59.4 Å². The van der Waals surface area contributed by atoms with Gasteiger partial charge in [0.2, 0.25) is 0 Å². The first kappa shape index (κ1) is 37.6. The van der Waals surface area contributed by atoms with Crippen molar-refractivity contribution in [3.05, 3.63) is 224 Å². The first-order valence-corrected chi connectivity index (χ1v) is 23.3. The summed E-state index contributed by atoms with van der Waals surface area (Å²) < 4.78 is 12.0. The molecule has 0 aliphatic heterocycles. The number of rotatable bonds is 7. The van der Waals surface area contributed by atoms with E-state index in [1.165, 1.54) is 64.2 Å². The van der Waals surface area contributed by atoms with Crippen molar-refractivity contribution < 1.29 is 4.42 Å². The molecule has 13 rings (SSSR count). The highest BCUT2D eigenvalue weighted by Crippen LogP contribution is 2.51. The summed E-state index contributed by atoms with van der Waals surface area (Å²) in [4.78, 5) is 2.48. The highest BCUT2D eigenvalue weighted by molar-refractivity contribution is 7.26. The second kappa shape index (κ2) is 15.1. The molecular formula is C61H42N2OS. The van der Waals surface area contributed by atoms with Gasteiger partial charge in [-0.1, -0.05) is 159 Å². The normalized spacial score (nSPS) is 13.6. The Hall–Kier alpha value is -7.92. The molecule has 3 heterocycles. The molecule has 3 nitrogen and oxygen atoms in total. The minimum atomic E-state index is 0.263. The molecule has 1 aliphatic carbocycles. The molecule has 0 radical (unpaired) electrons. The van der Waals surface area contributed by atoms with Crippen LogP contribution in [0.15, 0.2) is 217 Å². The zero-order valence-corrected chi connectivity index (χ0v) is 36.6. The second-order valence-corrected chi connectivity index (χ2v) is 18.3. The van der Waals surface area contributed by atoms with Crippen molar-refractivity contribution in [1.82, 2.24) is 4.57 Å². The Balaban J connectivity index is 0.992. The molecule has 0 saturated carbocycles. The molecule has 0 spiro atoms. The number of fused-ring (bicyclic) bond motifs is 9. The Morgan fingerprint density at radius 1 is 0.508 bits per heavy atom. The van der Waals surface area contributed by atoms with Gasteiger partial charge in [-0.2, -0.15) is 0 Å². The van der Waals surface area contributed by atoms with Crippen LogP contribution in [0.5, 0.6) is 0 Å². The van der Waals surface area contributed by atoms with Gasteiger partial charge in [0.1, 0.15) is 11.3 Å². The van der Waals surface area contributed by atoms with Crippen LogP contribution in [-0.4, -0.2) is 4.57 Å². The second-order valence-electron chi connectivity index (χ2n) is 17.2. The summed E-state index contributed by atoms with van der Waals surface area (Å²) in [5, 5.41) is 6.18. The monoisotopic (exact) mass is 850 g/mol. The van der Waals surface area contributed by atoms with Crippen LogP contribution in [0.1, 0.15) is 30.6 Å². The maximum atomic E-state index is 7.10. The van der Waals surface area contributed by atoms with Gasteiger partial charge < -0.3 is 13.9 Å². The maximum Gasteiger partial charge on any atom is 0.144 e. The third kappa shape index (κ3) is 6.09. The van der Waals surface area contributed by atoms with Crippen molar-refractivity contribution in [3.8, 4) is 39.1 Å². The SMILES string of the molecule is CC1CC=Cc2c1oc1c(-c3ccc(-c4ccccc4)cc3)ccc(N(c3ccc(-c4cccc(-n5c6ccccc6c6ccccc65)c4)cc3)c3cccc4sc5ccccc5c34)c21. The molecule has 0 amide bonds. The van der Waals surface area contributed by atoms with E-state index >= 15 is 0 Å². The van der Waals surface area contributed by atoms with Crippen molar-refractivity contribution in [2.45, 2.75) is 19.3 Å². The predicted molar refractivity (Wildman–Crippen MR) is 276 cm³/mol. The number of furan rings is 1. The van der Waals surface area contributed by atoms with Crippen molar-refractivity contribution in [3.63, 3.8) is 0 Å². The van der Waals surface area contributed by atoms with E-state index in [0.29, 0.717) is 0 Å². The van der Waals surface area contributed by atoms with Crippen LogP contribution < -0.4 is 4.90 Å². The summed E-state index contributed by atoms with van der Waals surface area (Å²) in [7, 11) is 0. The number of hydrogen-bond donors (Lipinski definition) is 0. The Bertz CT molecular complexity index is 3760. The minimum Gasteiger partial charge on any atom is -0.459 e. The number of para-hydroxylation sites is 2. The molecule has 9 aromatic carbocycles. The van der Waals surface area contributed by atoms with Crippen LogP contribution in [0.4, 0.5) is 17.1 Å². The van der Waals surface area contributed by atoms with Gasteiger partial charge in [-0.25, -0.2) is 0 Å². The molecule has 1 unspecified atom stereocenters. The van der Waals surface area contributed by atoms with Crippen LogP contribution in [0.25, 0.3) is 98.1 Å². The fourth-order valence-electron chi connectivity index (χ4n) is 10.3. The molecule has 0 fully saturated rings. The highest BCUT2D eigenvalue weighted by atomic mass is 32.1. The van der Waals surface area contributed by atoms with E-state index in [2.05, 4.69) is 235 Å². The van der Waals surface area contributed by atoms with E-state index in [4.69, 9.17) is 4.42 Å². The number of aromatic nitrogens is 1. The quantitative estimate of drug-likeness (QED) is 0.159. The lowest BCUT2D eigenvalue weighted by molar-refractivity contribution is 0.504. The molecular weight excluding hydrogens is 809 g/mol. The van der Waals surface area contributed by atoms with Crippen LogP contribution in [0, 0.1) is 0 Å². The van der Waals surface area contributed by atoms with Gasteiger partial charge in [0.15, 0.2) is 0 Å². The smallest absolute Gasteiger partial charge is 0.144 e. The molecule has 0 bridgehead atoms. The van der Waals surface area contributed by atoms with E-state index < -0.39 is 0 Å². The van der Waals surface area contributed by atoms with Crippen molar-refractivity contribution in [2.75, 3.05) is 4.90 Å². The lowest BCUT2D eigenvalue weighted by Gasteiger charge is -2.28. The van der Waals surface area contributed by atoms with Crippen LogP contribution in [0.3, 0.4) is 0 Å². The third-order valence-corrected chi connectivity index (χ3v) is 14.5. The van der Waals surface area contributed by atoms with E-state index in [9.17, 15) is 0 Å². The number of benzene rings is 9. The zero-order valence-electron chi connectivity index (χ0n) is 35.8.